The third-order valence-corrected chi connectivity index (χ3v) is 4.44. The van der Waals surface area contributed by atoms with Crippen LogP contribution in [0, 0.1) is 11.3 Å². The van der Waals surface area contributed by atoms with Gasteiger partial charge in [-0.2, -0.15) is 5.26 Å². The summed E-state index contributed by atoms with van der Waals surface area (Å²) in [5, 5.41) is 9.99. The van der Waals surface area contributed by atoms with Crippen molar-refractivity contribution in [3.63, 3.8) is 0 Å². The Morgan fingerprint density at radius 3 is 2.39 bits per heavy atom. The molecule has 0 aliphatic carbocycles. The maximum Gasteiger partial charge on any atom is 0.261 e. The summed E-state index contributed by atoms with van der Waals surface area (Å²) < 4.78 is 0. The van der Waals surface area contributed by atoms with Crippen LogP contribution in [0.1, 0.15) is 40.9 Å². The summed E-state index contributed by atoms with van der Waals surface area (Å²) in [6.07, 6.45) is 4.63. The first-order chi connectivity index (χ1) is 8.65. The van der Waals surface area contributed by atoms with E-state index in [0.29, 0.717) is 10.4 Å². The van der Waals surface area contributed by atoms with Crippen molar-refractivity contribution < 1.29 is 4.79 Å². The van der Waals surface area contributed by atoms with Crippen molar-refractivity contribution in [1.29, 1.82) is 5.26 Å². The largest absolute Gasteiger partial charge is 0.396 e. The zero-order valence-electron chi connectivity index (χ0n) is 10.1. The van der Waals surface area contributed by atoms with Crippen molar-refractivity contribution in [2.75, 3.05) is 23.7 Å². The normalized spacial score (nSPS) is 16.1. The number of hydrogen-bond donors (Lipinski definition) is 2. The quantitative estimate of drug-likeness (QED) is 0.849. The molecule has 2 heterocycles. The maximum absolute atomic E-state index is 11.3. The molecule has 1 amide bonds. The lowest BCUT2D eigenvalue weighted by Crippen LogP contribution is -2.23. The number of carbonyl (C=O) groups excluding carboxylic acids is 1. The number of anilines is 2. The van der Waals surface area contributed by atoms with Gasteiger partial charge < -0.3 is 16.4 Å². The smallest absolute Gasteiger partial charge is 0.261 e. The van der Waals surface area contributed by atoms with Crippen LogP contribution in [-0.2, 0) is 0 Å². The summed E-state index contributed by atoms with van der Waals surface area (Å²) in [5.74, 6) is -0.560. The molecule has 0 atom stereocenters. The molecule has 1 fully saturated rings. The van der Waals surface area contributed by atoms with Crippen molar-refractivity contribution in [3.05, 3.63) is 10.4 Å². The minimum atomic E-state index is -0.560. The minimum Gasteiger partial charge on any atom is -0.396 e. The standard InChI is InChI=1S/C12H16N4OS/c13-7-8-9(14)10(11(15)17)18-12(8)16-5-3-1-2-4-6-16/h1-6,14H2,(H2,15,17). The highest BCUT2D eigenvalue weighted by molar-refractivity contribution is 7.19. The second kappa shape index (κ2) is 5.27. The fourth-order valence-electron chi connectivity index (χ4n) is 2.22. The fraction of sp³-hybridized carbons (Fsp3) is 0.500. The molecule has 18 heavy (non-hydrogen) atoms. The van der Waals surface area contributed by atoms with E-state index in [0.717, 1.165) is 30.9 Å². The summed E-state index contributed by atoms with van der Waals surface area (Å²) in [6, 6.07) is 2.09. The molecule has 1 aliphatic rings. The Hall–Kier alpha value is -1.74. The van der Waals surface area contributed by atoms with Gasteiger partial charge in [0.25, 0.3) is 5.91 Å². The van der Waals surface area contributed by atoms with E-state index in [2.05, 4.69) is 11.0 Å². The second-order valence-corrected chi connectivity index (χ2v) is 5.40. The Labute approximate surface area is 110 Å². The van der Waals surface area contributed by atoms with Crippen molar-refractivity contribution in [1.82, 2.24) is 0 Å². The molecule has 1 saturated heterocycles. The van der Waals surface area contributed by atoms with E-state index in [9.17, 15) is 10.1 Å². The van der Waals surface area contributed by atoms with Gasteiger partial charge in [0.1, 0.15) is 21.5 Å². The van der Waals surface area contributed by atoms with E-state index in [4.69, 9.17) is 11.5 Å². The van der Waals surface area contributed by atoms with Crippen LogP contribution in [0.25, 0.3) is 0 Å². The third kappa shape index (κ3) is 2.27. The zero-order valence-corrected chi connectivity index (χ0v) is 10.9. The highest BCUT2D eigenvalue weighted by Crippen LogP contribution is 2.38. The number of rotatable bonds is 2. The number of hydrogen-bond acceptors (Lipinski definition) is 5. The number of thiophene rings is 1. The lowest BCUT2D eigenvalue weighted by Gasteiger charge is -2.20. The number of nitrogens with zero attached hydrogens (tertiary/aromatic N) is 2. The molecular formula is C12H16N4OS. The molecule has 1 aliphatic heterocycles. The number of nitrogens with two attached hydrogens (primary N) is 2. The highest BCUT2D eigenvalue weighted by Gasteiger charge is 2.23. The van der Waals surface area contributed by atoms with Gasteiger partial charge in [-0.15, -0.1) is 11.3 Å². The topological polar surface area (TPSA) is 96.1 Å². The van der Waals surface area contributed by atoms with Gasteiger partial charge in [0, 0.05) is 13.1 Å². The first-order valence-corrected chi connectivity index (χ1v) is 6.84. The molecule has 5 nitrogen and oxygen atoms in total. The lowest BCUT2D eigenvalue weighted by molar-refractivity contribution is 0.100. The molecule has 0 unspecified atom stereocenters. The van der Waals surface area contributed by atoms with Crippen molar-refractivity contribution in [2.45, 2.75) is 25.7 Å². The molecule has 0 bridgehead atoms. The molecule has 6 heteroatoms. The molecule has 96 valence electrons. The van der Waals surface area contributed by atoms with Crippen LogP contribution in [0.5, 0.6) is 0 Å². The molecule has 0 saturated carbocycles. The second-order valence-electron chi connectivity index (χ2n) is 4.40. The first-order valence-electron chi connectivity index (χ1n) is 6.02. The Morgan fingerprint density at radius 2 is 1.89 bits per heavy atom. The number of nitrogen functional groups attached to an aromatic ring is 1. The van der Waals surface area contributed by atoms with E-state index in [1.807, 2.05) is 0 Å². The predicted molar refractivity (Wildman–Crippen MR) is 72.6 cm³/mol. The van der Waals surface area contributed by atoms with E-state index < -0.39 is 5.91 Å². The van der Waals surface area contributed by atoms with E-state index in [1.54, 1.807) is 0 Å². The van der Waals surface area contributed by atoms with Crippen LogP contribution in [0.15, 0.2) is 0 Å². The van der Waals surface area contributed by atoms with Gasteiger partial charge in [0.15, 0.2) is 0 Å². The molecule has 1 aromatic rings. The van der Waals surface area contributed by atoms with Crippen LogP contribution in [0.4, 0.5) is 10.7 Å². The Morgan fingerprint density at radius 1 is 1.28 bits per heavy atom. The van der Waals surface area contributed by atoms with Gasteiger partial charge in [0.05, 0.1) is 5.69 Å². The average Bonchev–Trinajstić information content (AvgIpc) is 2.54. The van der Waals surface area contributed by atoms with Crippen molar-refractivity contribution in [2.24, 2.45) is 5.73 Å². The summed E-state index contributed by atoms with van der Waals surface area (Å²) in [4.78, 5) is 13.7. The molecular weight excluding hydrogens is 248 g/mol. The Bertz CT molecular complexity index is 495. The molecule has 0 radical (unpaired) electrons. The summed E-state index contributed by atoms with van der Waals surface area (Å²) in [6.45, 7) is 1.82. The average molecular weight is 264 g/mol. The van der Waals surface area contributed by atoms with E-state index in [-0.39, 0.29) is 5.69 Å². The van der Waals surface area contributed by atoms with Crippen LogP contribution in [-0.4, -0.2) is 19.0 Å². The van der Waals surface area contributed by atoms with Gasteiger partial charge in [-0.25, -0.2) is 0 Å². The van der Waals surface area contributed by atoms with Crippen LogP contribution >= 0.6 is 11.3 Å². The zero-order chi connectivity index (χ0) is 13.1. The van der Waals surface area contributed by atoms with Gasteiger partial charge >= 0.3 is 0 Å². The lowest BCUT2D eigenvalue weighted by atomic mass is 10.2. The van der Waals surface area contributed by atoms with Crippen molar-refractivity contribution >= 4 is 27.9 Å². The molecule has 1 aromatic heterocycles. The summed E-state index contributed by atoms with van der Waals surface area (Å²) in [7, 11) is 0. The van der Waals surface area contributed by atoms with Crippen LogP contribution in [0.2, 0.25) is 0 Å². The highest BCUT2D eigenvalue weighted by atomic mass is 32.1. The first kappa shape index (κ1) is 12.7. The van der Waals surface area contributed by atoms with E-state index in [1.165, 1.54) is 24.2 Å². The number of carbonyl (C=O) groups is 1. The number of amides is 1. The number of nitriles is 1. The maximum atomic E-state index is 11.3. The Balaban J connectivity index is 2.40. The monoisotopic (exact) mass is 264 g/mol. The van der Waals surface area contributed by atoms with Gasteiger partial charge in [-0.05, 0) is 12.8 Å². The molecule has 0 spiro atoms. The third-order valence-electron chi connectivity index (χ3n) is 3.16. The van der Waals surface area contributed by atoms with E-state index >= 15 is 0 Å². The molecule has 4 N–H and O–H groups in total. The van der Waals surface area contributed by atoms with Gasteiger partial charge in [0.2, 0.25) is 0 Å². The van der Waals surface area contributed by atoms with Gasteiger partial charge in [-0.1, -0.05) is 12.8 Å². The number of primary amides is 1. The van der Waals surface area contributed by atoms with Crippen LogP contribution < -0.4 is 16.4 Å². The molecule has 2 rings (SSSR count). The summed E-state index contributed by atoms with van der Waals surface area (Å²) in [5.41, 5.74) is 11.7. The van der Waals surface area contributed by atoms with Gasteiger partial charge in [-0.3, -0.25) is 4.79 Å². The fourth-order valence-corrected chi connectivity index (χ4v) is 3.29. The minimum absolute atomic E-state index is 0.231. The van der Waals surface area contributed by atoms with Crippen LogP contribution in [0.3, 0.4) is 0 Å². The SMILES string of the molecule is N#Cc1c(N2CCCCCC2)sc(C(N)=O)c1N. The van der Waals surface area contributed by atoms with Crippen molar-refractivity contribution in [3.8, 4) is 6.07 Å². The molecule has 0 aromatic carbocycles. The predicted octanol–water partition coefficient (Wildman–Crippen LogP) is 1.68. The summed E-state index contributed by atoms with van der Waals surface area (Å²) >= 11 is 1.24. The Kier molecular flexibility index (Phi) is 3.72.